The van der Waals surface area contributed by atoms with Crippen LogP contribution in [0.1, 0.15) is 5.56 Å². The zero-order valence-electron chi connectivity index (χ0n) is 12.9. The number of alkyl halides is 3. The number of halogens is 3. The highest BCUT2D eigenvalue weighted by atomic mass is 32.1. The van der Waals surface area contributed by atoms with E-state index in [1.807, 2.05) is 0 Å². The molecule has 134 valence electrons. The van der Waals surface area contributed by atoms with Crippen molar-refractivity contribution in [1.29, 1.82) is 0 Å². The first-order valence-electron chi connectivity index (χ1n) is 6.60. The summed E-state index contributed by atoms with van der Waals surface area (Å²) in [7, 11) is 2.90. The van der Waals surface area contributed by atoms with Gasteiger partial charge in [0.2, 0.25) is 0 Å². The topological polar surface area (TPSA) is 83.7 Å². The minimum absolute atomic E-state index is 0.0122. The molecule has 0 bridgehead atoms. The van der Waals surface area contributed by atoms with Crippen LogP contribution in [0.25, 0.3) is 0 Å². The Balaban J connectivity index is 2.43. The molecule has 0 saturated heterocycles. The molecule has 24 heavy (non-hydrogen) atoms. The van der Waals surface area contributed by atoms with E-state index in [4.69, 9.17) is 21.7 Å². The van der Waals surface area contributed by atoms with E-state index in [-0.39, 0.29) is 17.3 Å². The fourth-order valence-corrected chi connectivity index (χ4v) is 1.67. The lowest BCUT2D eigenvalue weighted by molar-refractivity contribution is -0.137. The molecule has 1 aromatic carbocycles. The van der Waals surface area contributed by atoms with Crippen LogP contribution in [0.3, 0.4) is 0 Å². The number of benzene rings is 1. The van der Waals surface area contributed by atoms with Crippen molar-refractivity contribution in [2.45, 2.75) is 12.5 Å². The van der Waals surface area contributed by atoms with Crippen molar-refractivity contribution in [2.24, 2.45) is 0 Å². The highest BCUT2D eigenvalue weighted by Gasteiger charge is 2.30. The number of hydrogen-bond acceptors (Lipinski definition) is 4. The van der Waals surface area contributed by atoms with E-state index in [2.05, 4.69) is 21.5 Å². The second kappa shape index (κ2) is 9.25. The van der Waals surface area contributed by atoms with Crippen LogP contribution in [-0.2, 0) is 15.7 Å². The van der Waals surface area contributed by atoms with Gasteiger partial charge in [0.25, 0.3) is 0 Å². The summed E-state index contributed by atoms with van der Waals surface area (Å²) >= 11 is 4.90. The Bertz CT molecular complexity index is 568. The van der Waals surface area contributed by atoms with Gasteiger partial charge in [0.1, 0.15) is 0 Å². The van der Waals surface area contributed by atoms with Gasteiger partial charge in [-0.1, -0.05) is 6.07 Å². The van der Waals surface area contributed by atoms with Crippen molar-refractivity contribution in [3.8, 4) is 0 Å². The van der Waals surface area contributed by atoms with Gasteiger partial charge in [-0.15, -0.1) is 0 Å². The average molecular weight is 366 g/mol. The molecule has 0 saturated carbocycles. The average Bonchev–Trinajstić information content (AvgIpc) is 2.53. The number of hydrazine groups is 1. The Kier molecular flexibility index (Phi) is 7.68. The van der Waals surface area contributed by atoms with Crippen LogP contribution in [0.2, 0.25) is 0 Å². The Morgan fingerprint density at radius 2 is 1.92 bits per heavy atom. The van der Waals surface area contributed by atoms with E-state index < -0.39 is 24.1 Å². The lowest BCUT2D eigenvalue weighted by atomic mass is 10.2. The molecule has 1 aromatic rings. The number of hydrogen-bond donors (Lipinski definition) is 4. The summed E-state index contributed by atoms with van der Waals surface area (Å²) in [4.78, 5) is 11.6. The van der Waals surface area contributed by atoms with Gasteiger partial charge in [0.05, 0.1) is 12.1 Å². The van der Waals surface area contributed by atoms with Crippen molar-refractivity contribution in [3.05, 3.63) is 29.8 Å². The van der Waals surface area contributed by atoms with Crippen LogP contribution in [-0.4, -0.2) is 38.2 Å². The predicted octanol–water partition coefficient (Wildman–Crippen LogP) is 1.82. The highest BCUT2D eigenvalue weighted by Crippen LogP contribution is 2.30. The fraction of sp³-hybridized carbons (Fsp3) is 0.385. The summed E-state index contributed by atoms with van der Waals surface area (Å²) in [5.74, 6) is 0. The van der Waals surface area contributed by atoms with Gasteiger partial charge in [-0.05, 0) is 30.4 Å². The molecule has 0 spiro atoms. The normalized spacial score (nSPS) is 11.1. The summed E-state index contributed by atoms with van der Waals surface area (Å²) in [5, 5.41) is 5.04. The quantitative estimate of drug-likeness (QED) is 0.362. The molecular weight excluding hydrogens is 349 g/mol. The molecule has 2 amide bonds. The van der Waals surface area contributed by atoms with Crippen molar-refractivity contribution in [1.82, 2.24) is 16.2 Å². The molecule has 0 aliphatic carbocycles. The minimum atomic E-state index is -4.49. The number of carbonyl (C=O) groups is 1. The van der Waals surface area contributed by atoms with Gasteiger partial charge in [-0.3, -0.25) is 5.43 Å². The maximum Gasteiger partial charge on any atom is 0.416 e. The molecule has 0 unspecified atom stereocenters. The van der Waals surface area contributed by atoms with E-state index in [0.29, 0.717) is 0 Å². The Morgan fingerprint density at radius 3 is 2.50 bits per heavy atom. The van der Waals surface area contributed by atoms with Gasteiger partial charge in [-0.25, -0.2) is 10.2 Å². The number of carbonyl (C=O) groups excluding carboxylic acids is 1. The van der Waals surface area contributed by atoms with E-state index >= 15 is 0 Å². The molecule has 11 heteroatoms. The molecule has 1 rings (SSSR count). The van der Waals surface area contributed by atoms with Gasteiger partial charge in [0, 0.05) is 19.9 Å². The third kappa shape index (κ3) is 6.98. The Morgan fingerprint density at radius 1 is 1.25 bits per heavy atom. The molecule has 0 aromatic heterocycles. The van der Waals surface area contributed by atoms with Crippen LogP contribution in [0.4, 0.5) is 23.7 Å². The number of rotatable bonds is 5. The largest absolute Gasteiger partial charge is 0.416 e. The van der Waals surface area contributed by atoms with Crippen LogP contribution < -0.4 is 21.5 Å². The molecule has 0 aliphatic rings. The number of ether oxygens (including phenoxy) is 2. The number of methoxy groups -OCH3 is 2. The predicted molar refractivity (Wildman–Crippen MR) is 85.1 cm³/mol. The number of amides is 2. The first kappa shape index (κ1) is 19.9. The lowest BCUT2D eigenvalue weighted by Gasteiger charge is -2.16. The molecule has 0 aliphatic heterocycles. The monoisotopic (exact) mass is 366 g/mol. The summed E-state index contributed by atoms with van der Waals surface area (Å²) < 4.78 is 47.6. The van der Waals surface area contributed by atoms with Crippen molar-refractivity contribution >= 4 is 29.0 Å². The maximum atomic E-state index is 12.6. The smallest absolute Gasteiger partial charge is 0.356 e. The standard InChI is InChI=1S/C13H17F3N4O3S/c1-22-10(23-2)7-17-12(24)20-19-11(21)18-9-5-3-4-8(6-9)13(14,15)16/h3-6,10H,7H2,1-2H3,(H2,17,20,24)(H2,18,19,21). The van der Waals surface area contributed by atoms with Crippen LogP contribution >= 0.6 is 12.2 Å². The van der Waals surface area contributed by atoms with Crippen LogP contribution in [0.15, 0.2) is 24.3 Å². The first-order chi connectivity index (χ1) is 11.3. The van der Waals surface area contributed by atoms with E-state index in [9.17, 15) is 18.0 Å². The number of urea groups is 1. The van der Waals surface area contributed by atoms with Crippen LogP contribution in [0, 0.1) is 0 Å². The van der Waals surface area contributed by atoms with Crippen molar-refractivity contribution < 1.29 is 27.4 Å². The van der Waals surface area contributed by atoms with Gasteiger partial charge < -0.3 is 20.1 Å². The summed E-state index contributed by atoms with van der Waals surface area (Å²) in [6.45, 7) is 0.232. The molecule has 0 atom stereocenters. The summed E-state index contributed by atoms with van der Waals surface area (Å²) in [6, 6.07) is 3.45. The Hall–Kier alpha value is -2.11. The minimum Gasteiger partial charge on any atom is -0.356 e. The zero-order chi connectivity index (χ0) is 18.2. The molecule has 0 radical (unpaired) electrons. The molecule has 0 fully saturated rings. The SMILES string of the molecule is COC(CNC(=S)NNC(=O)Nc1cccc(C(F)(F)F)c1)OC. The molecular formula is C13H17F3N4O3S. The number of anilines is 1. The second-order valence-electron chi connectivity index (χ2n) is 4.39. The van der Waals surface area contributed by atoms with E-state index in [0.717, 1.165) is 12.1 Å². The zero-order valence-corrected chi connectivity index (χ0v) is 13.7. The van der Waals surface area contributed by atoms with E-state index in [1.165, 1.54) is 26.4 Å². The fourth-order valence-electron chi connectivity index (χ4n) is 1.53. The van der Waals surface area contributed by atoms with Gasteiger partial charge in [0.15, 0.2) is 11.4 Å². The third-order valence-corrected chi connectivity index (χ3v) is 2.94. The second-order valence-corrected chi connectivity index (χ2v) is 4.80. The number of thiocarbonyl (C=S) groups is 1. The highest BCUT2D eigenvalue weighted by molar-refractivity contribution is 7.80. The summed E-state index contributed by atoms with van der Waals surface area (Å²) in [6.07, 6.45) is -5.01. The third-order valence-electron chi connectivity index (χ3n) is 2.69. The van der Waals surface area contributed by atoms with Gasteiger partial charge in [-0.2, -0.15) is 13.2 Å². The molecule has 7 nitrogen and oxygen atoms in total. The molecule has 0 heterocycles. The number of nitrogens with one attached hydrogen (secondary N) is 4. The lowest BCUT2D eigenvalue weighted by Crippen LogP contribution is -2.49. The first-order valence-corrected chi connectivity index (χ1v) is 7.00. The summed E-state index contributed by atoms with van der Waals surface area (Å²) in [5.41, 5.74) is 3.68. The maximum absolute atomic E-state index is 12.6. The Labute approximate surface area is 141 Å². The van der Waals surface area contributed by atoms with Crippen molar-refractivity contribution in [3.63, 3.8) is 0 Å². The van der Waals surface area contributed by atoms with Crippen LogP contribution in [0.5, 0.6) is 0 Å². The van der Waals surface area contributed by atoms with Gasteiger partial charge >= 0.3 is 12.2 Å². The molecule has 4 N–H and O–H groups in total. The van der Waals surface area contributed by atoms with E-state index in [1.54, 1.807) is 0 Å². The van der Waals surface area contributed by atoms with Crippen molar-refractivity contribution in [2.75, 3.05) is 26.1 Å².